The summed E-state index contributed by atoms with van der Waals surface area (Å²) in [6, 6.07) is 6.43. The van der Waals surface area contributed by atoms with Crippen molar-refractivity contribution in [3.63, 3.8) is 0 Å². The van der Waals surface area contributed by atoms with Gasteiger partial charge in [0, 0.05) is 18.7 Å². The summed E-state index contributed by atoms with van der Waals surface area (Å²) in [6.07, 6.45) is 1.77. The second-order valence-electron chi connectivity index (χ2n) is 5.05. The molecule has 1 fully saturated rings. The molecule has 8 nitrogen and oxygen atoms in total. The molecule has 2 unspecified atom stereocenters. The van der Waals surface area contributed by atoms with Crippen molar-refractivity contribution >= 4 is 12.2 Å². The maximum atomic E-state index is 13.0. The van der Waals surface area contributed by atoms with Crippen LogP contribution in [-0.2, 0) is 0 Å². The summed E-state index contributed by atoms with van der Waals surface area (Å²) in [5.41, 5.74) is 9.98. The van der Waals surface area contributed by atoms with Gasteiger partial charge in [0.25, 0.3) is 5.95 Å². The summed E-state index contributed by atoms with van der Waals surface area (Å²) in [5, 5.41) is 11.8. The number of hydrazine groups is 1. The molecule has 1 saturated heterocycles. The van der Waals surface area contributed by atoms with Crippen LogP contribution in [0, 0.1) is 18.7 Å². The highest BCUT2D eigenvalue weighted by atomic mass is 19.1. The van der Waals surface area contributed by atoms with Gasteiger partial charge in [-0.2, -0.15) is 5.10 Å². The zero-order valence-electron chi connectivity index (χ0n) is 12.0. The molecule has 1 aliphatic heterocycles. The fourth-order valence-electron chi connectivity index (χ4n) is 2.29. The molecule has 0 aliphatic carbocycles. The first-order chi connectivity index (χ1) is 10.6. The zero-order chi connectivity index (χ0) is 15.5. The van der Waals surface area contributed by atoms with Gasteiger partial charge in [-0.15, -0.1) is 10.2 Å². The van der Waals surface area contributed by atoms with E-state index in [1.807, 2.05) is 0 Å². The minimum Gasteiger partial charge on any atom is -0.335 e. The Kier molecular flexibility index (Phi) is 3.98. The van der Waals surface area contributed by atoms with E-state index in [2.05, 4.69) is 31.6 Å². The Morgan fingerprint density at radius 3 is 2.86 bits per heavy atom. The highest BCUT2D eigenvalue weighted by molar-refractivity contribution is 5.64. The lowest BCUT2D eigenvalue weighted by Gasteiger charge is -2.15. The van der Waals surface area contributed by atoms with Crippen molar-refractivity contribution in [2.24, 2.45) is 11.0 Å². The summed E-state index contributed by atoms with van der Waals surface area (Å²) < 4.78 is 14.3. The first kappa shape index (κ1) is 14.4. The number of nitrogens with zero attached hydrogens (tertiary/aromatic N) is 4. The van der Waals surface area contributed by atoms with Gasteiger partial charge in [-0.3, -0.25) is 5.43 Å². The van der Waals surface area contributed by atoms with Crippen LogP contribution in [0.25, 0.3) is 0 Å². The molecular weight excluding hydrogens is 287 g/mol. The summed E-state index contributed by atoms with van der Waals surface area (Å²) in [7, 11) is 0. The molecule has 1 aliphatic rings. The van der Waals surface area contributed by atoms with Crippen LogP contribution in [-0.4, -0.2) is 27.6 Å². The third-order valence-corrected chi connectivity index (χ3v) is 3.55. The summed E-state index contributed by atoms with van der Waals surface area (Å²) in [6.45, 7) is 2.46. The van der Waals surface area contributed by atoms with Crippen LogP contribution in [0.3, 0.4) is 0 Å². The summed E-state index contributed by atoms with van der Waals surface area (Å²) >= 11 is 0. The Bertz CT molecular complexity index is 665. The van der Waals surface area contributed by atoms with Crippen LogP contribution in [0.4, 0.5) is 10.3 Å². The van der Waals surface area contributed by atoms with Crippen molar-refractivity contribution in [3.05, 3.63) is 41.5 Å². The standard InChI is InChI=1S/C13H17FN8/c1-8-18-21-13(22(8)15)20-17-7-10-6-16-19-12(10)9-2-4-11(14)5-3-9/h2-5,7,10,12,16,19H,6,15H2,1H3,(H,20,21)/b17-7+. The molecule has 5 N–H and O–H groups in total. The number of hydrogen-bond acceptors (Lipinski definition) is 7. The lowest BCUT2D eigenvalue weighted by molar-refractivity contribution is 0.554. The molecule has 0 radical (unpaired) electrons. The highest BCUT2D eigenvalue weighted by Gasteiger charge is 2.26. The Hall–Kier alpha value is -2.52. The van der Waals surface area contributed by atoms with Gasteiger partial charge >= 0.3 is 0 Å². The Morgan fingerprint density at radius 1 is 1.41 bits per heavy atom. The number of aromatic nitrogens is 3. The molecule has 3 rings (SSSR count). The fourth-order valence-corrected chi connectivity index (χ4v) is 2.29. The van der Waals surface area contributed by atoms with E-state index < -0.39 is 0 Å². The lowest BCUT2D eigenvalue weighted by Crippen LogP contribution is -2.25. The highest BCUT2D eigenvalue weighted by Crippen LogP contribution is 2.23. The molecule has 1 aromatic heterocycles. The average Bonchev–Trinajstić information content (AvgIpc) is 3.10. The Balaban J connectivity index is 1.67. The van der Waals surface area contributed by atoms with Crippen LogP contribution in [0.15, 0.2) is 29.4 Å². The van der Waals surface area contributed by atoms with Crippen LogP contribution in [0.5, 0.6) is 0 Å². The fraction of sp³-hybridized carbons (Fsp3) is 0.308. The van der Waals surface area contributed by atoms with E-state index >= 15 is 0 Å². The quantitative estimate of drug-likeness (QED) is 0.368. The van der Waals surface area contributed by atoms with E-state index in [0.717, 1.165) is 5.56 Å². The van der Waals surface area contributed by atoms with E-state index in [0.29, 0.717) is 18.3 Å². The van der Waals surface area contributed by atoms with Gasteiger partial charge in [0.1, 0.15) is 5.82 Å². The molecule has 0 bridgehead atoms. The lowest BCUT2D eigenvalue weighted by atomic mass is 9.96. The van der Waals surface area contributed by atoms with Crippen molar-refractivity contribution in [2.75, 3.05) is 17.8 Å². The molecule has 0 saturated carbocycles. The summed E-state index contributed by atoms with van der Waals surface area (Å²) in [4.78, 5) is 0. The maximum Gasteiger partial charge on any atom is 0.263 e. The Labute approximate surface area is 126 Å². The first-order valence-corrected chi connectivity index (χ1v) is 6.85. The second kappa shape index (κ2) is 6.08. The van der Waals surface area contributed by atoms with Crippen LogP contribution >= 0.6 is 0 Å². The maximum absolute atomic E-state index is 13.0. The molecule has 22 heavy (non-hydrogen) atoms. The van der Waals surface area contributed by atoms with Crippen molar-refractivity contribution in [1.82, 2.24) is 25.7 Å². The van der Waals surface area contributed by atoms with Gasteiger partial charge in [-0.1, -0.05) is 12.1 Å². The topological polar surface area (TPSA) is 105 Å². The first-order valence-electron chi connectivity index (χ1n) is 6.85. The van der Waals surface area contributed by atoms with Gasteiger partial charge in [0.2, 0.25) is 0 Å². The molecule has 1 aromatic carbocycles. The van der Waals surface area contributed by atoms with E-state index in [1.165, 1.54) is 16.8 Å². The van der Waals surface area contributed by atoms with E-state index in [9.17, 15) is 4.39 Å². The smallest absolute Gasteiger partial charge is 0.263 e. The van der Waals surface area contributed by atoms with E-state index in [1.54, 1.807) is 25.3 Å². The predicted octanol–water partition coefficient (Wildman–Crippen LogP) is 0.302. The van der Waals surface area contributed by atoms with E-state index in [4.69, 9.17) is 5.84 Å². The third-order valence-electron chi connectivity index (χ3n) is 3.55. The average molecular weight is 304 g/mol. The molecule has 2 atom stereocenters. The van der Waals surface area contributed by atoms with Gasteiger partial charge in [-0.25, -0.2) is 19.9 Å². The molecule has 0 spiro atoms. The van der Waals surface area contributed by atoms with Crippen LogP contribution < -0.4 is 22.1 Å². The number of rotatable bonds is 4. The molecule has 2 aromatic rings. The number of nitrogens with two attached hydrogens (primary N) is 1. The SMILES string of the molecule is Cc1nnc(N/N=C/C2CNNC2c2ccc(F)cc2)n1N. The number of halogens is 1. The van der Waals surface area contributed by atoms with Crippen molar-refractivity contribution < 1.29 is 4.39 Å². The van der Waals surface area contributed by atoms with Crippen molar-refractivity contribution in [3.8, 4) is 0 Å². The number of nitrogen functional groups attached to an aromatic ring is 1. The molecule has 2 heterocycles. The van der Waals surface area contributed by atoms with Crippen LogP contribution in [0.2, 0.25) is 0 Å². The number of anilines is 1. The van der Waals surface area contributed by atoms with Crippen LogP contribution in [0.1, 0.15) is 17.4 Å². The number of hydrogen-bond donors (Lipinski definition) is 4. The number of hydrazone groups is 1. The molecule has 9 heteroatoms. The van der Waals surface area contributed by atoms with Gasteiger partial charge < -0.3 is 5.84 Å². The van der Waals surface area contributed by atoms with Crippen molar-refractivity contribution in [2.45, 2.75) is 13.0 Å². The largest absolute Gasteiger partial charge is 0.335 e. The van der Waals surface area contributed by atoms with Gasteiger partial charge in [-0.05, 0) is 24.6 Å². The Morgan fingerprint density at radius 2 is 2.18 bits per heavy atom. The van der Waals surface area contributed by atoms with Gasteiger partial charge in [0.05, 0.1) is 6.04 Å². The minimum atomic E-state index is -0.251. The molecule has 0 amide bonds. The third kappa shape index (κ3) is 2.90. The predicted molar refractivity (Wildman–Crippen MR) is 80.8 cm³/mol. The van der Waals surface area contributed by atoms with E-state index in [-0.39, 0.29) is 17.8 Å². The monoisotopic (exact) mass is 304 g/mol. The number of benzene rings is 1. The molecule has 116 valence electrons. The van der Waals surface area contributed by atoms with Crippen molar-refractivity contribution in [1.29, 1.82) is 0 Å². The molecular formula is C13H17FN8. The minimum absolute atomic E-state index is 0.0173. The number of aryl methyl sites for hydroxylation is 1. The number of nitrogens with one attached hydrogen (secondary N) is 3. The second-order valence-corrected chi connectivity index (χ2v) is 5.05. The normalized spacial score (nSPS) is 21.5. The summed E-state index contributed by atoms with van der Waals surface area (Å²) in [5.74, 6) is 6.53. The zero-order valence-corrected chi connectivity index (χ0v) is 12.0. The van der Waals surface area contributed by atoms with Gasteiger partial charge in [0.15, 0.2) is 5.82 Å².